The summed E-state index contributed by atoms with van der Waals surface area (Å²) < 4.78 is 0. The van der Waals surface area contributed by atoms with E-state index in [0.29, 0.717) is 5.41 Å². The van der Waals surface area contributed by atoms with Gasteiger partial charge < -0.3 is 5.32 Å². The van der Waals surface area contributed by atoms with Gasteiger partial charge in [0, 0.05) is 18.5 Å². The number of fused-ring (bicyclic) bond motifs is 1. The first-order chi connectivity index (χ1) is 8.94. The Morgan fingerprint density at radius 1 is 1.21 bits per heavy atom. The topological polar surface area (TPSA) is 12.0 Å². The van der Waals surface area contributed by atoms with Crippen molar-refractivity contribution >= 4 is 11.6 Å². The van der Waals surface area contributed by atoms with Gasteiger partial charge in [0.05, 0.1) is 0 Å². The molecule has 0 fully saturated rings. The summed E-state index contributed by atoms with van der Waals surface area (Å²) in [7, 11) is 0. The van der Waals surface area contributed by atoms with Crippen LogP contribution in [0.2, 0.25) is 0 Å². The van der Waals surface area contributed by atoms with Crippen molar-refractivity contribution in [1.82, 2.24) is 5.32 Å². The molecule has 1 aliphatic rings. The Kier molecular flexibility index (Phi) is 4.92. The summed E-state index contributed by atoms with van der Waals surface area (Å²) in [6, 6.07) is 6.92. The van der Waals surface area contributed by atoms with Crippen LogP contribution in [0.3, 0.4) is 0 Å². The molecule has 0 saturated carbocycles. The number of nitrogens with one attached hydrogen (secondary N) is 1. The fraction of sp³-hybridized carbons (Fsp3) is 0.647. The zero-order chi connectivity index (χ0) is 13.9. The highest BCUT2D eigenvalue weighted by atomic mass is 35.5. The number of halogens is 1. The summed E-state index contributed by atoms with van der Waals surface area (Å²) in [6.45, 7) is 8.53. The second kappa shape index (κ2) is 6.28. The van der Waals surface area contributed by atoms with Crippen molar-refractivity contribution in [1.29, 1.82) is 0 Å². The summed E-state index contributed by atoms with van der Waals surface area (Å²) in [5, 5.41) is 3.70. The lowest BCUT2D eigenvalue weighted by atomic mass is 9.90. The van der Waals surface area contributed by atoms with Crippen molar-refractivity contribution < 1.29 is 0 Å². The molecule has 0 aromatic heterocycles. The molecule has 1 N–H and O–H groups in total. The molecule has 0 bridgehead atoms. The van der Waals surface area contributed by atoms with Gasteiger partial charge in [-0.1, -0.05) is 39.0 Å². The lowest BCUT2D eigenvalue weighted by molar-refractivity contribution is 0.364. The average Bonchev–Trinajstić information content (AvgIpc) is 2.73. The minimum Gasteiger partial charge on any atom is -0.311 e. The van der Waals surface area contributed by atoms with Gasteiger partial charge in [-0.3, -0.25) is 0 Å². The normalized spacial score (nSPS) is 16.4. The van der Waals surface area contributed by atoms with Crippen molar-refractivity contribution in [2.45, 2.75) is 58.4 Å². The van der Waals surface area contributed by atoms with Crippen molar-refractivity contribution in [3.63, 3.8) is 0 Å². The van der Waals surface area contributed by atoms with Crippen LogP contribution in [0.1, 0.15) is 50.3 Å². The maximum absolute atomic E-state index is 6.36. The van der Waals surface area contributed by atoms with E-state index in [-0.39, 0.29) is 5.38 Å². The van der Waals surface area contributed by atoms with E-state index in [1.165, 1.54) is 24.8 Å². The fourth-order valence-corrected chi connectivity index (χ4v) is 3.42. The van der Waals surface area contributed by atoms with E-state index in [9.17, 15) is 0 Å². The number of aryl methyl sites for hydroxylation is 2. The molecule has 19 heavy (non-hydrogen) atoms. The van der Waals surface area contributed by atoms with Gasteiger partial charge in [-0.15, -0.1) is 11.6 Å². The Balaban J connectivity index is 1.77. The number of benzene rings is 1. The molecule has 1 nitrogen and oxygen atoms in total. The smallest absolute Gasteiger partial charge is 0.0465 e. The summed E-state index contributed by atoms with van der Waals surface area (Å²) in [6.07, 6.45) is 4.89. The van der Waals surface area contributed by atoms with E-state index in [1.54, 1.807) is 11.1 Å². The lowest BCUT2D eigenvalue weighted by Gasteiger charge is -2.22. The maximum atomic E-state index is 6.36. The lowest BCUT2D eigenvalue weighted by Crippen LogP contribution is -2.26. The van der Waals surface area contributed by atoms with Gasteiger partial charge in [0.1, 0.15) is 0 Å². The minimum atomic E-state index is 0.217. The zero-order valence-electron chi connectivity index (χ0n) is 12.4. The van der Waals surface area contributed by atoms with Crippen LogP contribution in [0.5, 0.6) is 0 Å². The maximum Gasteiger partial charge on any atom is 0.0465 e. The summed E-state index contributed by atoms with van der Waals surface area (Å²) in [4.78, 5) is 0. The molecule has 0 saturated heterocycles. The highest BCUT2D eigenvalue weighted by Gasteiger charge is 2.16. The summed E-state index contributed by atoms with van der Waals surface area (Å²) in [5.74, 6) is 0. The van der Waals surface area contributed by atoms with E-state index in [4.69, 9.17) is 11.6 Å². The van der Waals surface area contributed by atoms with Crippen LogP contribution in [0.25, 0.3) is 0 Å². The second-order valence-electron chi connectivity index (χ2n) is 6.95. The second-order valence-corrected chi connectivity index (χ2v) is 7.57. The van der Waals surface area contributed by atoms with Gasteiger partial charge in [0.15, 0.2) is 0 Å². The molecule has 0 radical (unpaired) electrons. The van der Waals surface area contributed by atoms with Gasteiger partial charge in [-0.2, -0.15) is 0 Å². The third kappa shape index (κ3) is 4.81. The Hall–Kier alpha value is -0.530. The molecule has 0 amide bonds. The zero-order valence-corrected chi connectivity index (χ0v) is 13.2. The number of hydrogen-bond acceptors (Lipinski definition) is 1. The minimum absolute atomic E-state index is 0.217. The van der Waals surface area contributed by atoms with Crippen LogP contribution in [-0.4, -0.2) is 11.9 Å². The quantitative estimate of drug-likeness (QED) is 0.792. The van der Waals surface area contributed by atoms with Crippen LogP contribution in [-0.2, 0) is 19.4 Å². The number of rotatable bonds is 5. The molecular formula is C17H26ClN. The first kappa shape index (κ1) is 14.9. The predicted octanol–water partition coefficient (Wildman–Crippen LogP) is 4.31. The monoisotopic (exact) mass is 279 g/mol. The first-order valence-corrected chi connectivity index (χ1v) is 7.83. The standard InChI is InChI=1S/C17H26ClN/c1-17(2,3)10-16(18)12-19-11-13-7-8-14-5-4-6-15(14)9-13/h7-9,16,19H,4-6,10-12H2,1-3H3. The molecule has 106 valence electrons. The van der Waals surface area contributed by atoms with Gasteiger partial charge in [0.25, 0.3) is 0 Å². The number of alkyl halides is 1. The SMILES string of the molecule is CC(C)(C)CC(Cl)CNCc1ccc2c(c1)CCC2. The van der Waals surface area contributed by atoms with Crippen molar-refractivity contribution in [3.05, 3.63) is 34.9 Å². The molecule has 1 atom stereocenters. The first-order valence-electron chi connectivity index (χ1n) is 7.39. The van der Waals surface area contributed by atoms with Gasteiger partial charge in [0.2, 0.25) is 0 Å². The molecule has 2 heteroatoms. The highest BCUT2D eigenvalue weighted by Crippen LogP contribution is 2.24. The molecule has 1 aromatic rings. The van der Waals surface area contributed by atoms with Crippen molar-refractivity contribution in [3.8, 4) is 0 Å². The molecule has 1 aromatic carbocycles. The molecule has 0 heterocycles. The Morgan fingerprint density at radius 2 is 1.95 bits per heavy atom. The molecule has 0 spiro atoms. The molecule has 1 aliphatic carbocycles. The molecule has 2 rings (SSSR count). The molecular weight excluding hydrogens is 254 g/mol. The van der Waals surface area contributed by atoms with E-state index in [1.807, 2.05) is 0 Å². The summed E-state index contributed by atoms with van der Waals surface area (Å²) in [5.41, 5.74) is 4.80. The van der Waals surface area contributed by atoms with Gasteiger partial charge in [-0.25, -0.2) is 0 Å². The van der Waals surface area contributed by atoms with Gasteiger partial charge in [-0.05, 0) is 47.8 Å². The van der Waals surface area contributed by atoms with Crippen LogP contribution in [0.15, 0.2) is 18.2 Å². The largest absolute Gasteiger partial charge is 0.311 e. The van der Waals surface area contributed by atoms with E-state index < -0.39 is 0 Å². The Bertz CT molecular complexity index is 420. The van der Waals surface area contributed by atoms with Crippen LogP contribution in [0.4, 0.5) is 0 Å². The molecule has 0 aliphatic heterocycles. The third-order valence-electron chi connectivity index (χ3n) is 3.69. The van der Waals surface area contributed by atoms with E-state index in [2.05, 4.69) is 44.3 Å². The highest BCUT2D eigenvalue weighted by molar-refractivity contribution is 6.20. The fourth-order valence-electron chi connectivity index (χ4n) is 2.84. The molecule has 1 unspecified atom stereocenters. The summed E-state index contributed by atoms with van der Waals surface area (Å²) >= 11 is 6.36. The Morgan fingerprint density at radius 3 is 2.68 bits per heavy atom. The average molecular weight is 280 g/mol. The van der Waals surface area contributed by atoms with Crippen LogP contribution < -0.4 is 5.32 Å². The third-order valence-corrected chi connectivity index (χ3v) is 4.00. The van der Waals surface area contributed by atoms with Crippen molar-refractivity contribution in [2.24, 2.45) is 5.41 Å². The Labute approximate surface area is 122 Å². The van der Waals surface area contributed by atoms with Crippen LogP contribution in [0, 0.1) is 5.41 Å². The van der Waals surface area contributed by atoms with Gasteiger partial charge >= 0.3 is 0 Å². The van der Waals surface area contributed by atoms with E-state index >= 15 is 0 Å². The van der Waals surface area contributed by atoms with Crippen LogP contribution >= 0.6 is 11.6 Å². The van der Waals surface area contributed by atoms with Crippen molar-refractivity contribution in [2.75, 3.05) is 6.54 Å². The number of hydrogen-bond donors (Lipinski definition) is 1. The predicted molar refractivity (Wildman–Crippen MR) is 83.9 cm³/mol. The van der Waals surface area contributed by atoms with E-state index in [0.717, 1.165) is 19.5 Å².